The van der Waals surface area contributed by atoms with Crippen LogP contribution in [-0.4, -0.2) is 0 Å². The fourth-order valence-electron chi connectivity index (χ4n) is 1.77. The van der Waals surface area contributed by atoms with Gasteiger partial charge in [-0.25, -0.2) is 0 Å². The van der Waals surface area contributed by atoms with Gasteiger partial charge in [0, 0.05) is 26.6 Å². The van der Waals surface area contributed by atoms with Crippen LogP contribution >= 0.6 is 0 Å². The minimum absolute atomic E-state index is 0. The molecule has 0 atom stereocenters. The van der Waals surface area contributed by atoms with Crippen molar-refractivity contribution in [3.63, 3.8) is 0 Å². The number of hydrogen-bond donors (Lipinski definition) is 0. The van der Waals surface area contributed by atoms with E-state index in [1.807, 2.05) is 53.7 Å². The van der Waals surface area contributed by atoms with Gasteiger partial charge in [0.2, 0.25) is 0 Å². The van der Waals surface area contributed by atoms with Crippen molar-refractivity contribution in [3.8, 4) is 0 Å². The fraction of sp³-hybridized carbons (Fsp3) is 0.348. The van der Waals surface area contributed by atoms with Gasteiger partial charge in [0.25, 0.3) is 0 Å². The largest absolute Gasteiger partial charge is 0.113 e. The molecule has 2 rings (SSSR count). The van der Waals surface area contributed by atoms with Crippen molar-refractivity contribution in [2.45, 2.75) is 55.4 Å². The van der Waals surface area contributed by atoms with Crippen molar-refractivity contribution in [2.24, 2.45) is 0 Å². The van der Waals surface area contributed by atoms with Gasteiger partial charge in [0.05, 0.1) is 0 Å². The van der Waals surface area contributed by atoms with Crippen molar-refractivity contribution in [2.75, 3.05) is 0 Å². The van der Waals surface area contributed by atoms with E-state index in [1.54, 1.807) is 0 Å². The molecule has 0 spiro atoms. The molecule has 0 aliphatic heterocycles. The molecule has 2 aromatic rings. The standard InChI is InChI=1S/C17H16.3C2H6.W/c1-14(2)13-17(15-9-5-3-6-10-15)16-11-7-4-8-12-16;3*1-2;/h3-12H,1-2H3;3*1-2H3;. The van der Waals surface area contributed by atoms with E-state index in [-0.39, 0.29) is 21.1 Å². The van der Waals surface area contributed by atoms with Crippen LogP contribution in [0.2, 0.25) is 0 Å². The molecule has 0 nitrogen and oxygen atoms in total. The molecule has 24 heavy (non-hydrogen) atoms. The van der Waals surface area contributed by atoms with Gasteiger partial charge in [0.15, 0.2) is 0 Å². The van der Waals surface area contributed by atoms with E-state index in [9.17, 15) is 0 Å². The summed E-state index contributed by atoms with van der Waals surface area (Å²) < 4.78 is 0. The predicted octanol–water partition coefficient (Wildman–Crippen LogP) is 7.76. The van der Waals surface area contributed by atoms with Crippen LogP contribution in [0.4, 0.5) is 0 Å². The van der Waals surface area contributed by atoms with Gasteiger partial charge in [-0.2, -0.15) is 0 Å². The molecule has 132 valence electrons. The Bertz CT molecular complexity index is 502. The van der Waals surface area contributed by atoms with E-state index in [0.29, 0.717) is 0 Å². The molecule has 0 saturated carbocycles. The van der Waals surface area contributed by atoms with Gasteiger partial charge < -0.3 is 0 Å². The molecule has 0 aliphatic rings. The van der Waals surface area contributed by atoms with Crippen LogP contribution in [0.25, 0.3) is 5.57 Å². The van der Waals surface area contributed by atoms with E-state index in [2.05, 4.69) is 68.1 Å². The number of rotatable bonds is 2. The van der Waals surface area contributed by atoms with Crippen LogP contribution < -0.4 is 0 Å². The molecule has 1 heteroatoms. The van der Waals surface area contributed by atoms with Gasteiger partial charge in [-0.1, -0.05) is 102 Å². The van der Waals surface area contributed by atoms with E-state index in [4.69, 9.17) is 0 Å². The zero-order chi connectivity index (χ0) is 18.1. The molecule has 0 aromatic heterocycles. The summed E-state index contributed by atoms with van der Waals surface area (Å²) in [4.78, 5) is 0. The van der Waals surface area contributed by atoms with E-state index >= 15 is 0 Å². The summed E-state index contributed by atoms with van der Waals surface area (Å²) in [5.74, 6) is 0. The van der Waals surface area contributed by atoms with E-state index in [1.165, 1.54) is 16.7 Å². The average Bonchev–Trinajstić information content (AvgIpc) is 2.66. The predicted molar refractivity (Wildman–Crippen MR) is 108 cm³/mol. The summed E-state index contributed by atoms with van der Waals surface area (Å²) in [5.41, 5.74) is 8.21. The maximum absolute atomic E-state index is 3.45. The third-order valence-corrected chi connectivity index (χ3v) is 2.50. The van der Waals surface area contributed by atoms with Crippen LogP contribution in [-0.2, 0) is 21.1 Å². The van der Waals surface area contributed by atoms with Crippen LogP contribution in [0.1, 0.15) is 66.5 Å². The third kappa shape index (κ3) is 11.2. The first-order valence-corrected chi connectivity index (χ1v) is 8.82. The van der Waals surface area contributed by atoms with Gasteiger partial charge in [-0.15, -0.1) is 5.73 Å². The Morgan fingerprint density at radius 1 is 0.583 bits per heavy atom. The Morgan fingerprint density at radius 3 is 1.12 bits per heavy atom. The van der Waals surface area contributed by atoms with Gasteiger partial charge >= 0.3 is 0 Å². The van der Waals surface area contributed by atoms with Gasteiger partial charge in [-0.05, 0) is 30.5 Å². The molecular formula is C23H34W. The molecule has 0 heterocycles. The second-order valence-electron chi connectivity index (χ2n) is 4.23. The molecule has 0 N–H and O–H groups in total. The van der Waals surface area contributed by atoms with Crippen molar-refractivity contribution in [1.29, 1.82) is 0 Å². The maximum atomic E-state index is 3.45. The molecule has 0 amide bonds. The normalized spacial score (nSPS) is 7.50. The first kappa shape index (κ1) is 27.5. The topological polar surface area (TPSA) is 0 Å². The van der Waals surface area contributed by atoms with Crippen molar-refractivity contribution in [1.82, 2.24) is 0 Å². The molecule has 2 aromatic carbocycles. The molecule has 0 aliphatic carbocycles. The summed E-state index contributed by atoms with van der Waals surface area (Å²) in [6, 6.07) is 20.8. The van der Waals surface area contributed by atoms with Crippen LogP contribution in [0, 0.1) is 0 Å². The fourth-order valence-corrected chi connectivity index (χ4v) is 1.77. The summed E-state index contributed by atoms with van der Waals surface area (Å²) in [5, 5.41) is 0. The summed E-state index contributed by atoms with van der Waals surface area (Å²) >= 11 is 0. The van der Waals surface area contributed by atoms with Crippen LogP contribution in [0.3, 0.4) is 0 Å². The second kappa shape index (κ2) is 19.7. The SMILES string of the molecule is CC.CC.CC.CC(C)=C=C(c1ccccc1)c1ccccc1.[W]. The second-order valence-corrected chi connectivity index (χ2v) is 4.23. The summed E-state index contributed by atoms with van der Waals surface area (Å²) in [6.45, 7) is 16.2. The van der Waals surface area contributed by atoms with E-state index in [0.717, 1.165) is 5.57 Å². The maximum Gasteiger partial charge on any atom is 0.0308 e. The molecule has 0 radical (unpaired) electrons. The first-order chi connectivity index (χ1) is 11.3. The Kier molecular flexibility index (Phi) is 22.6. The van der Waals surface area contributed by atoms with Crippen LogP contribution in [0.5, 0.6) is 0 Å². The minimum atomic E-state index is 0. The molecule has 0 saturated heterocycles. The Morgan fingerprint density at radius 2 is 0.875 bits per heavy atom. The molecule has 0 bridgehead atoms. The summed E-state index contributed by atoms with van der Waals surface area (Å²) in [6.07, 6.45) is 0. The Hall–Kier alpha value is -1.35. The van der Waals surface area contributed by atoms with Crippen molar-refractivity contribution < 1.29 is 21.1 Å². The van der Waals surface area contributed by atoms with Gasteiger partial charge in [-0.3, -0.25) is 0 Å². The number of benzene rings is 2. The number of hydrogen-bond acceptors (Lipinski definition) is 0. The Balaban J connectivity index is -0.000000569. The van der Waals surface area contributed by atoms with Gasteiger partial charge in [0.1, 0.15) is 0 Å². The van der Waals surface area contributed by atoms with Crippen molar-refractivity contribution >= 4 is 5.57 Å². The molecular weight excluding hydrogens is 460 g/mol. The zero-order valence-electron chi connectivity index (χ0n) is 16.7. The molecule has 0 unspecified atom stereocenters. The van der Waals surface area contributed by atoms with Crippen LogP contribution in [0.15, 0.2) is 72.0 Å². The zero-order valence-corrected chi connectivity index (χ0v) is 19.6. The summed E-state index contributed by atoms with van der Waals surface area (Å²) in [7, 11) is 0. The molecule has 0 fully saturated rings. The smallest absolute Gasteiger partial charge is 0.0308 e. The van der Waals surface area contributed by atoms with E-state index < -0.39 is 0 Å². The third-order valence-electron chi connectivity index (χ3n) is 2.50. The average molecular weight is 494 g/mol. The quantitative estimate of drug-likeness (QED) is 0.375. The first-order valence-electron chi connectivity index (χ1n) is 8.82. The minimum Gasteiger partial charge on any atom is -0.113 e. The number of allylic oxidation sites excluding steroid dienone is 1. The monoisotopic (exact) mass is 494 g/mol. The Labute approximate surface area is 165 Å². The van der Waals surface area contributed by atoms with Crippen molar-refractivity contribution in [3.05, 3.63) is 83.1 Å².